The zero-order chi connectivity index (χ0) is 25.8. The molecule has 0 radical (unpaired) electrons. The van der Waals surface area contributed by atoms with Gasteiger partial charge in [0.1, 0.15) is 0 Å². The summed E-state index contributed by atoms with van der Waals surface area (Å²) >= 11 is 0. The first-order chi connectivity index (χ1) is 17.1. The number of hydrogen-bond donors (Lipinski definition) is 1. The van der Waals surface area contributed by atoms with Gasteiger partial charge in [0.05, 0.1) is 24.9 Å². The van der Waals surface area contributed by atoms with Crippen LogP contribution in [0.25, 0.3) is 0 Å². The van der Waals surface area contributed by atoms with Crippen LogP contribution in [0.4, 0.5) is 0 Å². The molecule has 0 aliphatic heterocycles. The predicted molar refractivity (Wildman–Crippen MR) is 153 cm³/mol. The third kappa shape index (κ3) is 26.7. The highest BCUT2D eigenvalue weighted by Crippen LogP contribution is 2.16. The van der Waals surface area contributed by atoms with Crippen molar-refractivity contribution in [1.82, 2.24) is 0 Å². The third-order valence-corrected chi connectivity index (χ3v) is 6.96. The molecular formula is C31H65NO3. The summed E-state index contributed by atoms with van der Waals surface area (Å²) in [6.45, 7) is 11.7. The van der Waals surface area contributed by atoms with Crippen LogP contribution in [0.15, 0.2) is 0 Å². The summed E-state index contributed by atoms with van der Waals surface area (Å²) in [6, 6.07) is 0. The lowest BCUT2D eigenvalue weighted by molar-refractivity contribution is -0.0414. The second-order valence-electron chi connectivity index (χ2n) is 10.8. The van der Waals surface area contributed by atoms with E-state index in [2.05, 4.69) is 27.7 Å². The normalized spacial score (nSPS) is 14.3. The standard InChI is InChI=1S/C31H65NO3/c1-5-7-9-10-11-12-13-14-15-16-17-18-19-20-21-22-25-33-29(3)27-31(35-24-8-6-2)28-30(4)34-26-23-32/h29-31H,5-28,32H2,1-4H3. The van der Waals surface area contributed by atoms with E-state index < -0.39 is 0 Å². The fourth-order valence-corrected chi connectivity index (χ4v) is 4.71. The van der Waals surface area contributed by atoms with Gasteiger partial charge in [-0.25, -0.2) is 0 Å². The van der Waals surface area contributed by atoms with Crippen molar-refractivity contribution in [2.24, 2.45) is 5.73 Å². The smallest absolute Gasteiger partial charge is 0.0624 e. The highest BCUT2D eigenvalue weighted by Gasteiger charge is 2.18. The first-order valence-corrected chi connectivity index (χ1v) is 15.7. The largest absolute Gasteiger partial charge is 0.378 e. The summed E-state index contributed by atoms with van der Waals surface area (Å²) in [7, 11) is 0. The van der Waals surface area contributed by atoms with E-state index >= 15 is 0 Å². The Labute approximate surface area is 220 Å². The predicted octanol–water partition coefficient (Wildman–Crippen LogP) is 8.98. The average molecular weight is 500 g/mol. The van der Waals surface area contributed by atoms with Crippen LogP contribution >= 0.6 is 0 Å². The first-order valence-electron chi connectivity index (χ1n) is 15.7. The molecule has 0 amide bonds. The molecule has 4 nitrogen and oxygen atoms in total. The summed E-state index contributed by atoms with van der Waals surface area (Å²) in [5.41, 5.74) is 5.56. The molecule has 212 valence electrons. The second-order valence-corrected chi connectivity index (χ2v) is 10.8. The number of nitrogens with two attached hydrogens (primary N) is 1. The van der Waals surface area contributed by atoms with Gasteiger partial charge in [-0.05, 0) is 39.5 Å². The Kier molecular flexibility index (Phi) is 28.3. The molecule has 0 aromatic rings. The van der Waals surface area contributed by atoms with Crippen molar-refractivity contribution in [3.63, 3.8) is 0 Å². The van der Waals surface area contributed by atoms with Crippen LogP contribution in [0.2, 0.25) is 0 Å². The van der Waals surface area contributed by atoms with E-state index in [4.69, 9.17) is 19.9 Å². The molecule has 35 heavy (non-hydrogen) atoms. The number of ether oxygens (including phenoxy) is 3. The van der Waals surface area contributed by atoms with Gasteiger partial charge < -0.3 is 19.9 Å². The number of rotatable bonds is 29. The SMILES string of the molecule is CCCCCCCCCCCCCCCCCCOC(C)CC(CC(C)OCCN)OCCCC. The van der Waals surface area contributed by atoms with Crippen molar-refractivity contribution in [3.8, 4) is 0 Å². The third-order valence-electron chi connectivity index (χ3n) is 6.96. The summed E-state index contributed by atoms with van der Waals surface area (Å²) in [5.74, 6) is 0. The molecule has 0 spiro atoms. The van der Waals surface area contributed by atoms with Gasteiger partial charge in [-0.3, -0.25) is 0 Å². The van der Waals surface area contributed by atoms with Crippen molar-refractivity contribution < 1.29 is 14.2 Å². The zero-order valence-corrected chi connectivity index (χ0v) is 24.5. The van der Waals surface area contributed by atoms with Crippen molar-refractivity contribution in [3.05, 3.63) is 0 Å². The molecule has 0 fully saturated rings. The molecule has 0 aromatic carbocycles. The summed E-state index contributed by atoms with van der Waals surface area (Å²) in [5, 5.41) is 0. The molecule has 3 unspecified atom stereocenters. The maximum Gasteiger partial charge on any atom is 0.0624 e. The molecule has 0 aliphatic rings. The highest BCUT2D eigenvalue weighted by molar-refractivity contribution is 4.68. The monoisotopic (exact) mass is 499 g/mol. The van der Waals surface area contributed by atoms with Crippen LogP contribution in [-0.2, 0) is 14.2 Å². The quantitative estimate of drug-likeness (QED) is 0.104. The molecular weight excluding hydrogens is 434 g/mol. The van der Waals surface area contributed by atoms with E-state index in [0.29, 0.717) is 13.2 Å². The van der Waals surface area contributed by atoms with Gasteiger partial charge >= 0.3 is 0 Å². The number of unbranched alkanes of at least 4 members (excludes halogenated alkanes) is 16. The van der Waals surface area contributed by atoms with E-state index in [1.807, 2.05) is 0 Å². The van der Waals surface area contributed by atoms with Crippen molar-refractivity contribution in [2.45, 2.75) is 174 Å². The minimum atomic E-state index is 0.178. The Morgan fingerprint density at radius 3 is 1.26 bits per heavy atom. The van der Waals surface area contributed by atoms with E-state index in [0.717, 1.165) is 38.9 Å². The Morgan fingerprint density at radius 1 is 0.457 bits per heavy atom. The van der Waals surface area contributed by atoms with Crippen LogP contribution < -0.4 is 5.73 Å². The van der Waals surface area contributed by atoms with Gasteiger partial charge in [0, 0.05) is 19.8 Å². The zero-order valence-electron chi connectivity index (χ0n) is 24.5. The minimum absolute atomic E-state index is 0.178. The van der Waals surface area contributed by atoms with E-state index in [1.165, 1.54) is 103 Å². The van der Waals surface area contributed by atoms with Gasteiger partial charge in [-0.2, -0.15) is 0 Å². The van der Waals surface area contributed by atoms with Crippen LogP contribution in [0.5, 0.6) is 0 Å². The van der Waals surface area contributed by atoms with Gasteiger partial charge in [0.15, 0.2) is 0 Å². The fourth-order valence-electron chi connectivity index (χ4n) is 4.71. The average Bonchev–Trinajstić information content (AvgIpc) is 2.84. The topological polar surface area (TPSA) is 53.7 Å². The Balaban J connectivity index is 3.60. The summed E-state index contributed by atoms with van der Waals surface area (Å²) in [6.07, 6.45) is 27.2. The Morgan fingerprint density at radius 2 is 0.829 bits per heavy atom. The molecule has 3 atom stereocenters. The van der Waals surface area contributed by atoms with E-state index in [9.17, 15) is 0 Å². The molecule has 0 aliphatic carbocycles. The van der Waals surface area contributed by atoms with Gasteiger partial charge in [0.2, 0.25) is 0 Å². The van der Waals surface area contributed by atoms with Crippen molar-refractivity contribution >= 4 is 0 Å². The molecule has 0 rings (SSSR count). The lowest BCUT2D eigenvalue weighted by Gasteiger charge is -2.25. The Bertz CT molecular complexity index is 393. The summed E-state index contributed by atoms with van der Waals surface area (Å²) < 4.78 is 18.0. The lowest BCUT2D eigenvalue weighted by atomic mass is 10.0. The molecule has 0 aromatic heterocycles. The summed E-state index contributed by atoms with van der Waals surface area (Å²) in [4.78, 5) is 0. The molecule has 0 saturated heterocycles. The highest BCUT2D eigenvalue weighted by atomic mass is 16.5. The van der Waals surface area contributed by atoms with Crippen LogP contribution in [0.1, 0.15) is 156 Å². The molecule has 0 saturated carbocycles. The number of hydrogen-bond acceptors (Lipinski definition) is 4. The van der Waals surface area contributed by atoms with Gasteiger partial charge in [-0.1, -0.05) is 117 Å². The van der Waals surface area contributed by atoms with Crippen LogP contribution in [0, 0.1) is 0 Å². The van der Waals surface area contributed by atoms with E-state index in [1.54, 1.807) is 0 Å². The fraction of sp³-hybridized carbons (Fsp3) is 1.00. The minimum Gasteiger partial charge on any atom is -0.378 e. The Hall–Kier alpha value is -0.160. The van der Waals surface area contributed by atoms with Crippen molar-refractivity contribution in [1.29, 1.82) is 0 Å². The van der Waals surface area contributed by atoms with Crippen LogP contribution in [0.3, 0.4) is 0 Å². The molecule has 4 heteroatoms. The maximum atomic E-state index is 6.15. The molecule has 0 heterocycles. The molecule has 0 bridgehead atoms. The van der Waals surface area contributed by atoms with E-state index in [-0.39, 0.29) is 18.3 Å². The second kappa shape index (κ2) is 28.4. The first kappa shape index (κ1) is 34.8. The van der Waals surface area contributed by atoms with Crippen molar-refractivity contribution in [2.75, 3.05) is 26.4 Å². The molecule has 2 N–H and O–H groups in total. The lowest BCUT2D eigenvalue weighted by Crippen LogP contribution is -2.27. The van der Waals surface area contributed by atoms with Gasteiger partial charge in [-0.15, -0.1) is 0 Å². The maximum absolute atomic E-state index is 6.15. The van der Waals surface area contributed by atoms with Crippen LogP contribution in [-0.4, -0.2) is 44.7 Å². The van der Waals surface area contributed by atoms with Gasteiger partial charge in [0.25, 0.3) is 0 Å².